The standard InChI is InChI=1S/C14H26N4O/c1-5-19-7-6-18(4)14-11-16-13(10-17-14)9-15-8-12(2)3/h10-12,15H,5-9H2,1-4H3. The summed E-state index contributed by atoms with van der Waals surface area (Å²) in [5.74, 6) is 1.53. The first-order valence-corrected chi connectivity index (χ1v) is 6.94. The van der Waals surface area contributed by atoms with Crippen LogP contribution in [-0.4, -0.2) is 43.3 Å². The fraction of sp³-hybridized carbons (Fsp3) is 0.714. The zero-order valence-corrected chi connectivity index (χ0v) is 12.5. The minimum absolute atomic E-state index is 0.650. The van der Waals surface area contributed by atoms with Gasteiger partial charge in [0.1, 0.15) is 5.82 Å². The van der Waals surface area contributed by atoms with Crippen molar-refractivity contribution >= 4 is 5.82 Å². The van der Waals surface area contributed by atoms with Crippen LogP contribution in [0.3, 0.4) is 0 Å². The number of hydrogen-bond donors (Lipinski definition) is 1. The molecule has 0 aliphatic carbocycles. The summed E-state index contributed by atoms with van der Waals surface area (Å²) in [5, 5.41) is 3.36. The van der Waals surface area contributed by atoms with E-state index in [1.165, 1.54) is 0 Å². The number of anilines is 1. The SMILES string of the molecule is CCOCCN(C)c1cnc(CNCC(C)C)cn1. The minimum Gasteiger partial charge on any atom is -0.380 e. The molecule has 0 aliphatic rings. The maximum Gasteiger partial charge on any atom is 0.146 e. The van der Waals surface area contributed by atoms with E-state index in [0.29, 0.717) is 12.5 Å². The van der Waals surface area contributed by atoms with Gasteiger partial charge in [0.15, 0.2) is 0 Å². The molecule has 0 atom stereocenters. The number of likely N-dealkylation sites (N-methyl/N-ethyl adjacent to an activating group) is 1. The van der Waals surface area contributed by atoms with Crippen molar-refractivity contribution in [2.75, 3.05) is 38.3 Å². The summed E-state index contributed by atoms with van der Waals surface area (Å²) in [5.41, 5.74) is 0.975. The van der Waals surface area contributed by atoms with Crippen LogP contribution in [0, 0.1) is 5.92 Å². The van der Waals surface area contributed by atoms with Gasteiger partial charge < -0.3 is 15.0 Å². The van der Waals surface area contributed by atoms with Crippen molar-refractivity contribution in [2.24, 2.45) is 5.92 Å². The zero-order chi connectivity index (χ0) is 14.1. The third-order valence-corrected chi connectivity index (χ3v) is 2.72. The highest BCUT2D eigenvalue weighted by Gasteiger charge is 2.03. The van der Waals surface area contributed by atoms with E-state index >= 15 is 0 Å². The monoisotopic (exact) mass is 266 g/mol. The lowest BCUT2D eigenvalue weighted by molar-refractivity contribution is 0.154. The molecule has 5 nitrogen and oxygen atoms in total. The van der Waals surface area contributed by atoms with Crippen molar-refractivity contribution in [3.63, 3.8) is 0 Å². The van der Waals surface area contributed by atoms with Crippen molar-refractivity contribution in [1.29, 1.82) is 0 Å². The summed E-state index contributed by atoms with van der Waals surface area (Å²) >= 11 is 0. The first-order valence-electron chi connectivity index (χ1n) is 6.94. The Morgan fingerprint density at radius 1 is 1.32 bits per heavy atom. The van der Waals surface area contributed by atoms with E-state index in [0.717, 1.165) is 37.8 Å². The largest absolute Gasteiger partial charge is 0.380 e. The van der Waals surface area contributed by atoms with Crippen LogP contribution in [0.1, 0.15) is 26.5 Å². The molecule has 0 radical (unpaired) electrons. The van der Waals surface area contributed by atoms with Crippen LogP contribution in [0.5, 0.6) is 0 Å². The van der Waals surface area contributed by atoms with Crippen LogP contribution in [0.2, 0.25) is 0 Å². The number of hydrogen-bond acceptors (Lipinski definition) is 5. The van der Waals surface area contributed by atoms with Gasteiger partial charge in [0.2, 0.25) is 0 Å². The molecule has 0 saturated heterocycles. The van der Waals surface area contributed by atoms with Crippen LogP contribution in [0.25, 0.3) is 0 Å². The molecular formula is C14H26N4O. The maximum atomic E-state index is 5.33. The Balaban J connectivity index is 2.37. The van der Waals surface area contributed by atoms with E-state index in [-0.39, 0.29) is 0 Å². The smallest absolute Gasteiger partial charge is 0.146 e. The van der Waals surface area contributed by atoms with Crippen molar-refractivity contribution < 1.29 is 4.74 Å². The molecule has 0 spiro atoms. The predicted octanol–water partition coefficient (Wildman–Crippen LogP) is 1.69. The van der Waals surface area contributed by atoms with Gasteiger partial charge in [-0.3, -0.25) is 4.98 Å². The molecule has 1 aromatic heterocycles. The predicted molar refractivity (Wildman–Crippen MR) is 78.3 cm³/mol. The highest BCUT2D eigenvalue weighted by atomic mass is 16.5. The summed E-state index contributed by atoms with van der Waals surface area (Å²) in [6.45, 7) is 10.4. The summed E-state index contributed by atoms with van der Waals surface area (Å²) < 4.78 is 5.33. The second kappa shape index (κ2) is 8.82. The van der Waals surface area contributed by atoms with E-state index in [4.69, 9.17) is 4.74 Å². The van der Waals surface area contributed by atoms with Gasteiger partial charge in [-0.15, -0.1) is 0 Å². The van der Waals surface area contributed by atoms with Gasteiger partial charge in [-0.05, 0) is 19.4 Å². The molecule has 0 bridgehead atoms. The van der Waals surface area contributed by atoms with E-state index in [1.807, 2.05) is 31.3 Å². The lowest BCUT2D eigenvalue weighted by Gasteiger charge is -2.17. The molecule has 0 saturated carbocycles. The molecule has 1 aromatic rings. The topological polar surface area (TPSA) is 50.3 Å². The lowest BCUT2D eigenvalue weighted by Crippen LogP contribution is -2.24. The van der Waals surface area contributed by atoms with Gasteiger partial charge in [-0.2, -0.15) is 0 Å². The quantitative estimate of drug-likeness (QED) is 0.689. The van der Waals surface area contributed by atoms with Crippen LogP contribution in [-0.2, 0) is 11.3 Å². The van der Waals surface area contributed by atoms with Crippen molar-refractivity contribution in [2.45, 2.75) is 27.3 Å². The van der Waals surface area contributed by atoms with E-state index in [2.05, 4.69) is 29.1 Å². The van der Waals surface area contributed by atoms with Gasteiger partial charge in [0.25, 0.3) is 0 Å². The Morgan fingerprint density at radius 2 is 2.11 bits per heavy atom. The van der Waals surface area contributed by atoms with Gasteiger partial charge in [0.05, 0.1) is 24.7 Å². The average Bonchev–Trinajstić information content (AvgIpc) is 2.39. The van der Waals surface area contributed by atoms with Crippen LogP contribution >= 0.6 is 0 Å². The molecule has 0 aromatic carbocycles. The number of rotatable bonds is 9. The fourth-order valence-corrected chi connectivity index (χ4v) is 1.59. The molecule has 5 heteroatoms. The Bertz CT molecular complexity index is 340. The Morgan fingerprint density at radius 3 is 2.68 bits per heavy atom. The molecular weight excluding hydrogens is 240 g/mol. The summed E-state index contributed by atoms with van der Waals surface area (Å²) in [6, 6.07) is 0. The second-order valence-corrected chi connectivity index (χ2v) is 5.01. The van der Waals surface area contributed by atoms with Crippen LogP contribution < -0.4 is 10.2 Å². The zero-order valence-electron chi connectivity index (χ0n) is 12.5. The normalized spacial score (nSPS) is 11.0. The molecule has 0 aliphatic heterocycles. The third-order valence-electron chi connectivity index (χ3n) is 2.72. The highest BCUT2D eigenvalue weighted by Crippen LogP contribution is 2.06. The number of aromatic nitrogens is 2. The second-order valence-electron chi connectivity index (χ2n) is 5.01. The third kappa shape index (κ3) is 6.50. The van der Waals surface area contributed by atoms with E-state index < -0.39 is 0 Å². The van der Waals surface area contributed by atoms with Gasteiger partial charge in [-0.25, -0.2) is 4.98 Å². The lowest BCUT2D eigenvalue weighted by atomic mass is 10.2. The first-order chi connectivity index (χ1) is 9.13. The molecule has 0 fully saturated rings. The number of nitrogens with zero attached hydrogens (tertiary/aromatic N) is 3. The Kier molecular flexibility index (Phi) is 7.36. The molecule has 1 N–H and O–H groups in total. The van der Waals surface area contributed by atoms with Crippen LogP contribution in [0.15, 0.2) is 12.4 Å². The van der Waals surface area contributed by atoms with Crippen molar-refractivity contribution in [3.8, 4) is 0 Å². The summed E-state index contributed by atoms with van der Waals surface area (Å²) in [7, 11) is 2.00. The highest BCUT2D eigenvalue weighted by molar-refractivity contribution is 5.34. The number of ether oxygens (including phenoxy) is 1. The Labute approximate surface area is 116 Å². The fourth-order valence-electron chi connectivity index (χ4n) is 1.59. The van der Waals surface area contributed by atoms with Gasteiger partial charge >= 0.3 is 0 Å². The van der Waals surface area contributed by atoms with Crippen LogP contribution in [0.4, 0.5) is 5.82 Å². The maximum absolute atomic E-state index is 5.33. The summed E-state index contributed by atoms with van der Waals surface area (Å²) in [6.07, 6.45) is 3.65. The van der Waals surface area contributed by atoms with Gasteiger partial charge in [-0.1, -0.05) is 13.8 Å². The first kappa shape index (κ1) is 15.9. The summed E-state index contributed by atoms with van der Waals surface area (Å²) in [4.78, 5) is 10.9. The molecule has 108 valence electrons. The molecule has 1 rings (SSSR count). The van der Waals surface area contributed by atoms with Crippen molar-refractivity contribution in [1.82, 2.24) is 15.3 Å². The Hall–Kier alpha value is -1.20. The van der Waals surface area contributed by atoms with E-state index in [9.17, 15) is 0 Å². The minimum atomic E-state index is 0.650. The number of nitrogens with one attached hydrogen (secondary N) is 1. The van der Waals surface area contributed by atoms with E-state index in [1.54, 1.807) is 0 Å². The molecule has 0 unspecified atom stereocenters. The molecule has 0 amide bonds. The average molecular weight is 266 g/mol. The molecule has 19 heavy (non-hydrogen) atoms. The molecule has 1 heterocycles. The van der Waals surface area contributed by atoms with Crippen molar-refractivity contribution in [3.05, 3.63) is 18.1 Å². The van der Waals surface area contributed by atoms with Gasteiger partial charge in [0, 0.05) is 26.7 Å².